The first-order valence-corrected chi connectivity index (χ1v) is 7.82. The van der Waals surface area contributed by atoms with Gasteiger partial charge in [-0.25, -0.2) is 4.79 Å². The van der Waals surface area contributed by atoms with Crippen molar-refractivity contribution in [2.75, 3.05) is 7.11 Å². The lowest BCUT2D eigenvalue weighted by Crippen LogP contribution is -2.32. The Labute approximate surface area is 131 Å². The molecule has 1 aromatic carbocycles. The summed E-state index contributed by atoms with van der Waals surface area (Å²) in [6.07, 6.45) is 3.29. The lowest BCUT2D eigenvalue weighted by molar-refractivity contribution is 0.0504. The molecule has 4 nitrogen and oxygen atoms in total. The fraction of sp³-hybridized carbons (Fsp3) is 0.556. The highest BCUT2D eigenvalue weighted by molar-refractivity contribution is 5.96. The molecule has 0 saturated heterocycles. The standard InChI is InChI=1S/C18H23NO3/c1-17(2)12-9-10-18(17,3)15(11-12)19-22-16(20)13-7-5-6-8-14(13)21-4/h5-8,12H,9-11H2,1-4H3/b19-15+/t12-,18+/m0/s1. The van der Waals surface area contributed by atoms with Crippen LogP contribution in [-0.2, 0) is 4.84 Å². The average Bonchev–Trinajstić information content (AvgIpc) is 2.85. The highest BCUT2D eigenvalue weighted by atomic mass is 16.7. The van der Waals surface area contributed by atoms with Gasteiger partial charge < -0.3 is 9.57 Å². The van der Waals surface area contributed by atoms with E-state index in [2.05, 4.69) is 25.9 Å². The predicted octanol–water partition coefficient (Wildman–Crippen LogP) is 4.05. The quantitative estimate of drug-likeness (QED) is 0.625. The predicted molar refractivity (Wildman–Crippen MR) is 85.1 cm³/mol. The molecule has 2 bridgehead atoms. The summed E-state index contributed by atoms with van der Waals surface area (Å²) in [5, 5.41) is 4.24. The minimum absolute atomic E-state index is 0.0404. The third-order valence-corrected chi connectivity index (χ3v) is 6.08. The number of nitrogens with zero attached hydrogens (tertiary/aromatic N) is 1. The number of rotatable bonds is 3. The van der Waals surface area contributed by atoms with E-state index in [1.54, 1.807) is 18.2 Å². The van der Waals surface area contributed by atoms with E-state index in [0.29, 0.717) is 17.2 Å². The fourth-order valence-corrected chi connectivity index (χ4v) is 4.03. The van der Waals surface area contributed by atoms with E-state index < -0.39 is 5.97 Å². The lowest BCUT2D eigenvalue weighted by Gasteiger charge is -2.34. The maximum atomic E-state index is 12.2. The molecule has 0 unspecified atom stereocenters. The average molecular weight is 301 g/mol. The zero-order chi connectivity index (χ0) is 16.0. The Morgan fingerprint density at radius 3 is 2.59 bits per heavy atom. The molecule has 0 aliphatic heterocycles. The molecule has 118 valence electrons. The molecule has 4 heteroatoms. The molecule has 22 heavy (non-hydrogen) atoms. The molecule has 2 fully saturated rings. The molecule has 2 atom stereocenters. The smallest absolute Gasteiger partial charge is 0.369 e. The number of methoxy groups -OCH3 is 1. The van der Waals surface area contributed by atoms with Crippen LogP contribution in [0, 0.1) is 16.7 Å². The van der Waals surface area contributed by atoms with Crippen molar-refractivity contribution >= 4 is 11.7 Å². The minimum atomic E-state index is -0.464. The van der Waals surface area contributed by atoms with Crippen LogP contribution >= 0.6 is 0 Å². The summed E-state index contributed by atoms with van der Waals surface area (Å²) in [4.78, 5) is 17.5. The molecular formula is C18H23NO3. The summed E-state index contributed by atoms with van der Waals surface area (Å²) in [6, 6.07) is 7.04. The van der Waals surface area contributed by atoms with Gasteiger partial charge in [0.25, 0.3) is 0 Å². The first kappa shape index (κ1) is 15.1. The topological polar surface area (TPSA) is 47.9 Å². The van der Waals surface area contributed by atoms with Crippen LogP contribution in [-0.4, -0.2) is 18.8 Å². The van der Waals surface area contributed by atoms with Crippen LogP contribution in [0.25, 0.3) is 0 Å². The van der Waals surface area contributed by atoms with Crippen LogP contribution in [0.4, 0.5) is 0 Å². The second kappa shape index (κ2) is 5.11. The highest BCUT2D eigenvalue weighted by Gasteiger charge is 2.60. The van der Waals surface area contributed by atoms with Crippen LogP contribution in [0.3, 0.4) is 0 Å². The molecule has 0 amide bonds. The highest BCUT2D eigenvalue weighted by Crippen LogP contribution is 2.64. The van der Waals surface area contributed by atoms with Gasteiger partial charge in [0.1, 0.15) is 11.3 Å². The van der Waals surface area contributed by atoms with E-state index in [-0.39, 0.29) is 10.8 Å². The van der Waals surface area contributed by atoms with Crippen LogP contribution in [0.15, 0.2) is 29.4 Å². The molecule has 0 N–H and O–H groups in total. The summed E-state index contributed by atoms with van der Waals surface area (Å²) in [5.74, 6) is 0.683. The van der Waals surface area contributed by atoms with Gasteiger partial charge >= 0.3 is 5.97 Å². The summed E-state index contributed by atoms with van der Waals surface area (Å²) in [6.45, 7) is 6.85. The van der Waals surface area contributed by atoms with Crippen molar-refractivity contribution in [3.05, 3.63) is 29.8 Å². The van der Waals surface area contributed by atoms with Crippen molar-refractivity contribution in [3.63, 3.8) is 0 Å². The Balaban J connectivity index is 1.80. The molecule has 2 aliphatic carbocycles. The van der Waals surface area contributed by atoms with Crippen molar-refractivity contribution in [2.24, 2.45) is 21.9 Å². The van der Waals surface area contributed by atoms with E-state index in [1.807, 2.05) is 6.07 Å². The van der Waals surface area contributed by atoms with Crippen LogP contribution in [0.2, 0.25) is 0 Å². The molecule has 1 aromatic rings. The van der Waals surface area contributed by atoms with Gasteiger partial charge in [0.15, 0.2) is 0 Å². The van der Waals surface area contributed by atoms with Crippen molar-refractivity contribution in [1.82, 2.24) is 0 Å². The van der Waals surface area contributed by atoms with Crippen molar-refractivity contribution < 1.29 is 14.4 Å². The monoisotopic (exact) mass is 301 g/mol. The second-order valence-corrected chi connectivity index (χ2v) is 7.11. The van der Waals surface area contributed by atoms with Gasteiger partial charge in [0, 0.05) is 5.41 Å². The molecule has 2 aliphatic rings. The van der Waals surface area contributed by atoms with Crippen molar-refractivity contribution in [2.45, 2.75) is 40.0 Å². The summed E-state index contributed by atoms with van der Waals surface area (Å²) in [7, 11) is 1.54. The number of carbonyl (C=O) groups is 1. The molecule has 2 saturated carbocycles. The molecule has 0 aromatic heterocycles. The maximum Gasteiger partial charge on any atom is 0.369 e. The van der Waals surface area contributed by atoms with E-state index in [0.717, 1.165) is 18.6 Å². The third-order valence-electron chi connectivity index (χ3n) is 6.08. The molecule has 3 rings (SSSR count). The van der Waals surface area contributed by atoms with E-state index in [9.17, 15) is 4.79 Å². The Morgan fingerprint density at radius 1 is 1.27 bits per heavy atom. The summed E-state index contributed by atoms with van der Waals surface area (Å²) < 4.78 is 5.19. The largest absolute Gasteiger partial charge is 0.496 e. The summed E-state index contributed by atoms with van der Waals surface area (Å²) in [5.41, 5.74) is 1.69. The number of carbonyl (C=O) groups excluding carboxylic acids is 1. The van der Waals surface area contributed by atoms with Crippen molar-refractivity contribution in [3.8, 4) is 5.75 Å². The first-order chi connectivity index (χ1) is 10.4. The number of para-hydroxylation sites is 1. The van der Waals surface area contributed by atoms with Gasteiger partial charge in [-0.15, -0.1) is 0 Å². The third kappa shape index (κ3) is 2.04. The van der Waals surface area contributed by atoms with Gasteiger partial charge in [-0.3, -0.25) is 0 Å². The number of oxime groups is 1. The number of benzene rings is 1. The van der Waals surface area contributed by atoms with Gasteiger partial charge in [-0.05, 0) is 42.7 Å². The van der Waals surface area contributed by atoms with Gasteiger partial charge in [0.05, 0.1) is 12.8 Å². The number of ether oxygens (including phenoxy) is 1. The molecule has 0 spiro atoms. The Morgan fingerprint density at radius 2 is 2.00 bits per heavy atom. The first-order valence-electron chi connectivity index (χ1n) is 7.82. The maximum absolute atomic E-state index is 12.2. The zero-order valence-electron chi connectivity index (χ0n) is 13.7. The SMILES string of the molecule is COc1ccccc1C(=O)O/N=C1\C[C@@H]2CC[C@@]1(C)C2(C)C. The van der Waals surface area contributed by atoms with E-state index in [4.69, 9.17) is 9.57 Å². The molecule has 0 radical (unpaired) electrons. The number of hydrogen-bond donors (Lipinski definition) is 0. The minimum Gasteiger partial charge on any atom is -0.496 e. The normalized spacial score (nSPS) is 30.5. The molecule has 0 heterocycles. The van der Waals surface area contributed by atoms with E-state index in [1.165, 1.54) is 13.5 Å². The Hall–Kier alpha value is -1.84. The fourth-order valence-electron chi connectivity index (χ4n) is 4.03. The van der Waals surface area contributed by atoms with Crippen LogP contribution < -0.4 is 4.74 Å². The van der Waals surface area contributed by atoms with Gasteiger partial charge in [-0.2, -0.15) is 0 Å². The lowest BCUT2D eigenvalue weighted by atomic mass is 9.70. The number of hydrogen-bond acceptors (Lipinski definition) is 4. The van der Waals surface area contributed by atoms with Crippen molar-refractivity contribution in [1.29, 1.82) is 0 Å². The second-order valence-electron chi connectivity index (χ2n) is 7.11. The summed E-state index contributed by atoms with van der Waals surface area (Å²) >= 11 is 0. The Kier molecular flexibility index (Phi) is 3.50. The van der Waals surface area contributed by atoms with E-state index >= 15 is 0 Å². The van der Waals surface area contributed by atoms with Gasteiger partial charge in [-0.1, -0.05) is 38.1 Å². The zero-order valence-corrected chi connectivity index (χ0v) is 13.7. The van der Waals surface area contributed by atoms with Crippen LogP contribution in [0.5, 0.6) is 5.75 Å². The molecular weight excluding hydrogens is 278 g/mol. The Bertz CT molecular complexity index is 635. The van der Waals surface area contributed by atoms with Crippen LogP contribution in [0.1, 0.15) is 50.4 Å². The number of fused-ring (bicyclic) bond motifs is 2. The van der Waals surface area contributed by atoms with Gasteiger partial charge in [0.2, 0.25) is 0 Å².